The molecule has 2 unspecified atom stereocenters. The van der Waals surface area contributed by atoms with Crippen molar-refractivity contribution >= 4 is 17.9 Å². The van der Waals surface area contributed by atoms with Crippen molar-refractivity contribution in [3.63, 3.8) is 0 Å². The molecule has 0 spiro atoms. The third-order valence-corrected chi connectivity index (χ3v) is 8.40. The van der Waals surface area contributed by atoms with Gasteiger partial charge in [0, 0.05) is 19.3 Å². The highest BCUT2D eigenvalue weighted by Crippen LogP contribution is 2.13. The predicted octanol–water partition coefficient (Wildman–Crippen LogP) is 7.85. The number of unbranched alkanes of at least 4 members (excludes halogenated alkanes) is 17. The lowest BCUT2D eigenvalue weighted by Crippen LogP contribution is -2.55. The molecule has 0 aliphatic carbocycles. The van der Waals surface area contributed by atoms with E-state index in [2.05, 4.69) is 26.0 Å². The Labute approximate surface area is 282 Å². The van der Waals surface area contributed by atoms with Crippen molar-refractivity contribution in [1.82, 2.24) is 0 Å². The quantitative estimate of drug-likeness (QED) is 0.0308. The average Bonchev–Trinajstić information content (AvgIpc) is 3.00. The molecule has 0 N–H and O–H groups in total. The van der Waals surface area contributed by atoms with Gasteiger partial charge in [-0.3, -0.25) is 9.59 Å². The monoisotopic (exact) mass is 654 g/mol. The van der Waals surface area contributed by atoms with Crippen LogP contribution in [0.15, 0.2) is 12.2 Å². The summed E-state index contributed by atoms with van der Waals surface area (Å²) in [5.41, 5.74) is 0. The molecule has 0 bridgehead atoms. The van der Waals surface area contributed by atoms with Crippen LogP contribution in [0.5, 0.6) is 0 Å². The highest BCUT2D eigenvalue weighted by atomic mass is 16.6. The molecule has 0 radical (unpaired) electrons. The maximum atomic E-state index is 12.5. The topological polar surface area (TPSA) is 102 Å². The van der Waals surface area contributed by atoms with E-state index in [1.807, 2.05) is 0 Å². The van der Waals surface area contributed by atoms with Crippen LogP contribution in [-0.4, -0.2) is 75.5 Å². The number of rotatable bonds is 33. The minimum Gasteiger partial charge on any atom is -0.544 e. The largest absolute Gasteiger partial charge is 0.544 e. The fraction of sp³-hybridized carbons (Fsp3) is 0.868. The third-order valence-electron chi connectivity index (χ3n) is 8.40. The first-order valence-corrected chi connectivity index (χ1v) is 18.7. The van der Waals surface area contributed by atoms with Crippen LogP contribution in [0.3, 0.4) is 0 Å². The lowest BCUT2D eigenvalue weighted by Gasteiger charge is -2.34. The van der Waals surface area contributed by atoms with E-state index in [9.17, 15) is 19.5 Å². The number of quaternary nitrogens is 1. The van der Waals surface area contributed by atoms with E-state index in [0.29, 0.717) is 12.8 Å². The normalized spacial score (nSPS) is 13.2. The summed E-state index contributed by atoms with van der Waals surface area (Å²) < 4.78 is 17.0. The number of likely N-dealkylation sites (N-methyl/N-ethyl adjacent to an activating group) is 1. The van der Waals surface area contributed by atoms with Gasteiger partial charge in [0.2, 0.25) is 0 Å². The molecule has 0 aromatic heterocycles. The number of hydrogen-bond acceptors (Lipinski definition) is 7. The molecule has 8 nitrogen and oxygen atoms in total. The Morgan fingerprint density at radius 1 is 0.630 bits per heavy atom. The van der Waals surface area contributed by atoms with E-state index in [4.69, 9.17) is 14.2 Å². The van der Waals surface area contributed by atoms with Crippen molar-refractivity contribution < 1.29 is 38.2 Å². The summed E-state index contributed by atoms with van der Waals surface area (Å²) in [5.74, 6) is -1.74. The Balaban J connectivity index is 4.33. The summed E-state index contributed by atoms with van der Waals surface area (Å²) in [7, 11) is 5.39. The third kappa shape index (κ3) is 28.3. The number of carboxylic acids is 1. The van der Waals surface area contributed by atoms with Crippen molar-refractivity contribution in [3.8, 4) is 0 Å². The Hall–Kier alpha value is -1.93. The predicted molar refractivity (Wildman–Crippen MR) is 185 cm³/mol. The standard InChI is InChI=1S/C38H71NO7/c1-6-8-10-12-14-15-16-17-18-19-20-21-23-24-26-28-36(40)45-33-34(32-44-31-30-35(38(42)43)39(3,4)5)46-37(41)29-27-25-22-13-11-9-7-2/h15-16,34-35H,6-14,17-33H2,1-5H3/b16-15+. The van der Waals surface area contributed by atoms with E-state index >= 15 is 0 Å². The molecule has 0 fully saturated rings. The Morgan fingerprint density at radius 3 is 1.59 bits per heavy atom. The molecule has 0 amide bonds. The first-order chi connectivity index (χ1) is 22.1. The molecule has 0 aromatic rings. The van der Waals surface area contributed by atoms with Gasteiger partial charge in [0.1, 0.15) is 12.6 Å². The SMILES string of the molecule is CCCCCC/C=C/CCCCCCCCCC(=O)OCC(COCCC(C(=O)[O-])[N+](C)(C)C)OC(=O)CCCCCCCCC. The summed E-state index contributed by atoms with van der Waals surface area (Å²) in [5, 5.41) is 11.5. The molecule has 2 atom stereocenters. The van der Waals surface area contributed by atoms with E-state index < -0.39 is 18.1 Å². The van der Waals surface area contributed by atoms with Gasteiger partial charge in [0.15, 0.2) is 6.10 Å². The molecule has 46 heavy (non-hydrogen) atoms. The van der Waals surface area contributed by atoms with Crippen molar-refractivity contribution in [2.45, 2.75) is 174 Å². The number of nitrogens with zero attached hydrogens (tertiary/aromatic N) is 1. The molecular formula is C38H71NO7. The number of allylic oxidation sites excluding steroid dienone is 2. The number of carboxylic acid groups (broad SMARTS) is 1. The number of carbonyl (C=O) groups is 3. The highest BCUT2D eigenvalue weighted by molar-refractivity contribution is 5.70. The molecule has 8 heteroatoms. The molecule has 0 saturated heterocycles. The fourth-order valence-electron chi connectivity index (χ4n) is 5.42. The van der Waals surface area contributed by atoms with Crippen molar-refractivity contribution in [3.05, 3.63) is 12.2 Å². The van der Waals surface area contributed by atoms with Crippen LogP contribution in [0.25, 0.3) is 0 Å². The van der Waals surface area contributed by atoms with Crippen molar-refractivity contribution in [1.29, 1.82) is 0 Å². The van der Waals surface area contributed by atoms with E-state index in [1.54, 1.807) is 21.1 Å². The van der Waals surface area contributed by atoms with E-state index in [1.165, 1.54) is 89.9 Å². The highest BCUT2D eigenvalue weighted by Gasteiger charge is 2.25. The van der Waals surface area contributed by atoms with Crippen molar-refractivity contribution in [2.24, 2.45) is 0 Å². The Bertz CT molecular complexity index is 778. The number of esters is 2. The maximum absolute atomic E-state index is 12.5. The summed E-state index contributed by atoms with van der Waals surface area (Å²) in [6.45, 7) is 4.59. The van der Waals surface area contributed by atoms with Crippen LogP contribution in [0.4, 0.5) is 0 Å². The van der Waals surface area contributed by atoms with Gasteiger partial charge in [-0.1, -0.05) is 116 Å². The second kappa shape index (κ2) is 30.4. The van der Waals surface area contributed by atoms with Gasteiger partial charge in [-0.2, -0.15) is 0 Å². The average molecular weight is 654 g/mol. The van der Waals surface area contributed by atoms with Crippen LogP contribution in [0.2, 0.25) is 0 Å². The molecule has 0 rings (SSSR count). The first kappa shape index (κ1) is 44.1. The zero-order valence-corrected chi connectivity index (χ0v) is 30.5. The Kier molecular flexibility index (Phi) is 29.1. The molecule has 0 saturated carbocycles. The van der Waals surface area contributed by atoms with E-state index in [-0.39, 0.29) is 42.7 Å². The molecule has 0 aliphatic rings. The van der Waals surface area contributed by atoms with Crippen LogP contribution in [0.1, 0.15) is 162 Å². The fourth-order valence-corrected chi connectivity index (χ4v) is 5.42. The summed E-state index contributed by atoms with van der Waals surface area (Å²) >= 11 is 0. The minimum absolute atomic E-state index is 0.0434. The van der Waals surface area contributed by atoms with Crippen LogP contribution in [-0.2, 0) is 28.6 Å². The van der Waals surface area contributed by atoms with Crippen LogP contribution in [0, 0.1) is 0 Å². The lowest BCUT2D eigenvalue weighted by molar-refractivity contribution is -0.889. The van der Waals surface area contributed by atoms with Crippen LogP contribution < -0.4 is 5.11 Å². The molecule has 0 aliphatic heterocycles. The number of aliphatic carboxylic acids is 1. The first-order valence-electron chi connectivity index (χ1n) is 18.7. The minimum atomic E-state index is -1.13. The zero-order chi connectivity index (χ0) is 34.3. The van der Waals surface area contributed by atoms with Crippen molar-refractivity contribution in [2.75, 3.05) is 41.0 Å². The maximum Gasteiger partial charge on any atom is 0.306 e. The van der Waals surface area contributed by atoms with Gasteiger partial charge in [0.25, 0.3) is 0 Å². The Morgan fingerprint density at radius 2 is 1.09 bits per heavy atom. The molecule has 0 heterocycles. The summed E-state index contributed by atoms with van der Waals surface area (Å²) in [4.78, 5) is 36.5. The van der Waals surface area contributed by atoms with Gasteiger partial charge in [-0.25, -0.2) is 0 Å². The lowest BCUT2D eigenvalue weighted by atomic mass is 10.1. The number of carbonyl (C=O) groups excluding carboxylic acids is 3. The number of hydrogen-bond donors (Lipinski definition) is 0. The van der Waals surface area contributed by atoms with Gasteiger partial charge < -0.3 is 28.6 Å². The molecule has 270 valence electrons. The smallest absolute Gasteiger partial charge is 0.306 e. The van der Waals surface area contributed by atoms with Crippen LogP contribution >= 0.6 is 0 Å². The second-order valence-corrected chi connectivity index (χ2v) is 13.8. The van der Waals surface area contributed by atoms with Gasteiger partial charge in [0.05, 0.1) is 40.3 Å². The second-order valence-electron chi connectivity index (χ2n) is 13.8. The summed E-state index contributed by atoms with van der Waals surface area (Å²) in [6.07, 6.45) is 28.2. The molecular weight excluding hydrogens is 582 g/mol. The number of ether oxygens (including phenoxy) is 3. The summed E-state index contributed by atoms with van der Waals surface area (Å²) in [6, 6.07) is -0.719. The van der Waals surface area contributed by atoms with Gasteiger partial charge in [-0.15, -0.1) is 0 Å². The van der Waals surface area contributed by atoms with Gasteiger partial charge in [-0.05, 0) is 38.5 Å². The van der Waals surface area contributed by atoms with Gasteiger partial charge >= 0.3 is 11.9 Å². The van der Waals surface area contributed by atoms with E-state index in [0.717, 1.165) is 38.5 Å². The zero-order valence-electron chi connectivity index (χ0n) is 30.5. The molecule has 0 aromatic carbocycles.